The summed E-state index contributed by atoms with van der Waals surface area (Å²) in [5.74, 6) is -0.517. The molecule has 0 saturated carbocycles. The van der Waals surface area contributed by atoms with Gasteiger partial charge in [-0.05, 0) is 35.4 Å². The Morgan fingerprint density at radius 3 is 2.00 bits per heavy atom. The van der Waals surface area contributed by atoms with Gasteiger partial charge in [0.1, 0.15) is 11.4 Å². The molecular weight excluding hydrogens is 493 g/mol. The van der Waals surface area contributed by atoms with E-state index in [1.165, 1.54) is 12.1 Å². The van der Waals surface area contributed by atoms with Gasteiger partial charge in [0.2, 0.25) is 5.88 Å². The number of benzene rings is 3. The van der Waals surface area contributed by atoms with Crippen molar-refractivity contribution in [3.05, 3.63) is 119 Å². The number of pyridine rings is 1. The van der Waals surface area contributed by atoms with Crippen molar-refractivity contribution < 1.29 is 22.7 Å². The van der Waals surface area contributed by atoms with Crippen molar-refractivity contribution in [2.75, 3.05) is 19.0 Å². The van der Waals surface area contributed by atoms with E-state index in [4.69, 9.17) is 4.74 Å². The summed E-state index contributed by atoms with van der Waals surface area (Å²) in [4.78, 5) is 19.4. The Morgan fingerprint density at radius 2 is 1.45 bits per heavy atom. The fourth-order valence-corrected chi connectivity index (χ4v) is 3.72. The predicted molar refractivity (Wildman–Crippen MR) is 140 cm³/mol. The number of hydrogen-bond donors (Lipinski definition) is 1. The molecule has 0 bridgehead atoms. The Labute approximate surface area is 219 Å². The zero-order chi connectivity index (χ0) is 27.1. The van der Waals surface area contributed by atoms with E-state index in [1.54, 1.807) is 36.1 Å². The number of halogens is 3. The highest BCUT2D eigenvalue weighted by atomic mass is 19.4. The smallest absolute Gasteiger partial charge is 0.416 e. The van der Waals surface area contributed by atoms with Crippen LogP contribution < -0.4 is 15.1 Å². The van der Waals surface area contributed by atoms with Crippen LogP contribution >= 0.6 is 0 Å². The lowest BCUT2D eigenvalue weighted by Crippen LogP contribution is -2.41. The minimum absolute atomic E-state index is 0.00153. The van der Waals surface area contributed by atoms with Crippen LogP contribution in [0.25, 0.3) is 0 Å². The van der Waals surface area contributed by atoms with Gasteiger partial charge in [0.05, 0.1) is 5.56 Å². The Balaban J connectivity index is 1.59. The Hall–Kier alpha value is -4.37. The van der Waals surface area contributed by atoms with Gasteiger partial charge in [-0.25, -0.2) is 9.99 Å². The average Bonchev–Trinajstić information content (AvgIpc) is 2.89. The molecule has 1 N–H and O–H groups in total. The van der Waals surface area contributed by atoms with Gasteiger partial charge in [-0.3, -0.25) is 10.2 Å². The first-order valence-corrected chi connectivity index (χ1v) is 11.9. The highest BCUT2D eigenvalue weighted by Crippen LogP contribution is 2.33. The van der Waals surface area contributed by atoms with Crippen LogP contribution in [0, 0.1) is 0 Å². The number of anilines is 1. The molecule has 0 aliphatic carbocycles. The van der Waals surface area contributed by atoms with Gasteiger partial charge in [-0.1, -0.05) is 66.7 Å². The van der Waals surface area contributed by atoms with Crippen molar-refractivity contribution >= 4 is 11.6 Å². The lowest BCUT2D eigenvalue weighted by molar-refractivity contribution is -0.137. The van der Waals surface area contributed by atoms with Crippen LogP contribution in [-0.4, -0.2) is 30.0 Å². The Bertz CT molecular complexity index is 1320. The molecule has 9 heteroatoms. The maximum Gasteiger partial charge on any atom is 0.416 e. The zero-order valence-corrected chi connectivity index (χ0v) is 20.9. The molecule has 196 valence electrons. The number of ether oxygens (including phenoxy) is 1. The Morgan fingerprint density at radius 1 is 0.842 bits per heavy atom. The van der Waals surface area contributed by atoms with Crippen LogP contribution in [0.4, 0.5) is 18.9 Å². The maximum atomic E-state index is 13.4. The number of nitrogens with zero attached hydrogens (tertiary/aromatic N) is 3. The van der Waals surface area contributed by atoms with Gasteiger partial charge in [-0.15, -0.1) is 0 Å². The minimum atomic E-state index is -4.51. The van der Waals surface area contributed by atoms with E-state index in [0.29, 0.717) is 18.8 Å². The number of hydrogen-bond acceptors (Lipinski definition) is 5. The second-order valence-electron chi connectivity index (χ2n) is 8.84. The third kappa shape index (κ3) is 7.33. The summed E-state index contributed by atoms with van der Waals surface area (Å²) in [7, 11) is 3.56. The molecular formula is C29H27F3N4O2. The van der Waals surface area contributed by atoms with Crippen molar-refractivity contribution in [1.29, 1.82) is 0 Å². The molecule has 4 rings (SSSR count). The van der Waals surface area contributed by atoms with Crippen molar-refractivity contribution in [3.8, 4) is 11.6 Å². The topological polar surface area (TPSA) is 57.7 Å². The maximum absolute atomic E-state index is 13.4. The summed E-state index contributed by atoms with van der Waals surface area (Å²) in [6.07, 6.45) is -4.51. The molecule has 3 aromatic carbocycles. The number of hydrazine groups is 1. The fraction of sp³-hybridized carbons (Fsp3) is 0.172. The van der Waals surface area contributed by atoms with Gasteiger partial charge in [-0.2, -0.15) is 13.2 Å². The van der Waals surface area contributed by atoms with Crippen LogP contribution in [-0.2, 0) is 19.3 Å². The summed E-state index contributed by atoms with van der Waals surface area (Å²) in [5, 5.41) is 1.78. The molecule has 0 aliphatic rings. The molecule has 1 aromatic heterocycles. The second kappa shape index (κ2) is 11.8. The molecule has 1 heterocycles. The quantitative estimate of drug-likeness (QED) is 0.262. The van der Waals surface area contributed by atoms with E-state index < -0.39 is 17.6 Å². The van der Waals surface area contributed by atoms with Crippen LogP contribution in [0.5, 0.6) is 11.6 Å². The summed E-state index contributed by atoms with van der Waals surface area (Å²) < 4.78 is 45.1. The van der Waals surface area contributed by atoms with Gasteiger partial charge in [0, 0.05) is 38.9 Å². The summed E-state index contributed by atoms with van der Waals surface area (Å²) in [6, 6.07) is 27.1. The van der Waals surface area contributed by atoms with Crippen LogP contribution in [0.2, 0.25) is 0 Å². The van der Waals surface area contributed by atoms with Crippen molar-refractivity contribution in [2.45, 2.75) is 19.3 Å². The predicted octanol–water partition coefficient (Wildman–Crippen LogP) is 6.31. The van der Waals surface area contributed by atoms with Crippen LogP contribution in [0.1, 0.15) is 27.2 Å². The number of rotatable bonds is 9. The zero-order valence-electron chi connectivity index (χ0n) is 20.9. The van der Waals surface area contributed by atoms with Crippen LogP contribution in [0.3, 0.4) is 0 Å². The molecule has 0 saturated heterocycles. The standard InChI is InChI=1S/C29H27F3N4O2/c1-35(2)24-17-26(33-27(18-24)38-25-15-9-14-23(16-25)29(30,31)32)28(37)34-36(19-21-10-5-3-6-11-21)20-22-12-7-4-8-13-22/h3-18H,19-20H2,1-2H3,(H,34,37). The van der Waals surface area contributed by atoms with Gasteiger partial charge in [0.25, 0.3) is 5.91 Å². The molecule has 0 fully saturated rings. The first kappa shape index (κ1) is 26.7. The van der Waals surface area contributed by atoms with E-state index in [1.807, 2.05) is 60.7 Å². The summed E-state index contributed by atoms with van der Waals surface area (Å²) >= 11 is 0. The van der Waals surface area contributed by atoms with E-state index in [-0.39, 0.29) is 17.3 Å². The third-order valence-corrected chi connectivity index (χ3v) is 5.61. The number of aromatic nitrogens is 1. The van der Waals surface area contributed by atoms with Gasteiger partial charge >= 0.3 is 6.18 Å². The lowest BCUT2D eigenvalue weighted by atomic mass is 10.2. The first-order chi connectivity index (χ1) is 18.2. The van der Waals surface area contributed by atoms with Crippen molar-refractivity contribution in [2.24, 2.45) is 0 Å². The third-order valence-electron chi connectivity index (χ3n) is 5.61. The van der Waals surface area contributed by atoms with E-state index in [9.17, 15) is 18.0 Å². The average molecular weight is 521 g/mol. The van der Waals surface area contributed by atoms with E-state index >= 15 is 0 Å². The molecule has 0 atom stereocenters. The molecule has 0 aliphatic heterocycles. The molecule has 1 amide bonds. The highest BCUT2D eigenvalue weighted by Gasteiger charge is 2.30. The molecule has 0 radical (unpaired) electrons. The number of carbonyl (C=O) groups is 1. The highest BCUT2D eigenvalue weighted by molar-refractivity contribution is 5.93. The molecule has 0 spiro atoms. The Kier molecular flexibility index (Phi) is 8.28. The lowest BCUT2D eigenvalue weighted by Gasteiger charge is -2.24. The molecule has 4 aromatic rings. The molecule has 38 heavy (non-hydrogen) atoms. The molecule has 6 nitrogen and oxygen atoms in total. The second-order valence-corrected chi connectivity index (χ2v) is 8.84. The van der Waals surface area contributed by atoms with Crippen molar-refractivity contribution in [1.82, 2.24) is 15.4 Å². The monoisotopic (exact) mass is 520 g/mol. The first-order valence-electron chi connectivity index (χ1n) is 11.9. The van der Waals surface area contributed by atoms with E-state index in [2.05, 4.69) is 10.4 Å². The number of nitrogens with one attached hydrogen (secondary N) is 1. The van der Waals surface area contributed by atoms with E-state index in [0.717, 1.165) is 23.3 Å². The van der Waals surface area contributed by atoms with Crippen molar-refractivity contribution in [3.63, 3.8) is 0 Å². The number of alkyl halides is 3. The molecule has 0 unspecified atom stereocenters. The largest absolute Gasteiger partial charge is 0.439 e. The number of carbonyl (C=O) groups excluding carboxylic acids is 1. The van der Waals surface area contributed by atoms with Gasteiger partial charge in [0.15, 0.2) is 0 Å². The minimum Gasteiger partial charge on any atom is -0.439 e. The summed E-state index contributed by atoms with van der Waals surface area (Å²) in [6.45, 7) is 0.894. The normalized spacial score (nSPS) is 11.3. The van der Waals surface area contributed by atoms with Gasteiger partial charge < -0.3 is 9.64 Å². The fourth-order valence-electron chi connectivity index (χ4n) is 3.72. The number of amides is 1. The SMILES string of the molecule is CN(C)c1cc(Oc2cccc(C(F)(F)F)c2)nc(C(=O)NN(Cc2ccccc2)Cc2ccccc2)c1. The van der Waals surface area contributed by atoms with Crippen LogP contribution in [0.15, 0.2) is 97.1 Å². The summed E-state index contributed by atoms with van der Waals surface area (Å²) in [5.41, 5.74) is 4.76.